The van der Waals surface area contributed by atoms with Crippen LogP contribution in [0.2, 0.25) is 0 Å². The molecule has 0 aliphatic rings. The number of carbonyl (C=O) groups excluding carboxylic acids is 1. The second kappa shape index (κ2) is 38.3. The average molecular weight is 648 g/mol. The summed E-state index contributed by atoms with van der Waals surface area (Å²) < 4.78 is 0. The molecule has 3 N–H and O–H groups in total. The molecule has 2 unspecified atom stereocenters. The fourth-order valence-corrected chi connectivity index (χ4v) is 6.25. The summed E-state index contributed by atoms with van der Waals surface area (Å²) in [6.07, 6.45) is 48.5. The van der Waals surface area contributed by atoms with Gasteiger partial charge < -0.3 is 15.5 Å². The second-order valence-corrected chi connectivity index (χ2v) is 14.1. The van der Waals surface area contributed by atoms with Gasteiger partial charge in [0, 0.05) is 6.42 Å². The Morgan fingerprint density at radius 1 is 0.500 bits per heavy atom. The molecule has 0 aliphatic heterocycles. The Bertz CT molecular complexity index is 661. The van der Waals surface area contributed by atoms with Crippen LogP contribution in [0.15, 0.2) is 24.3 Å². The van der Waals surface area contributed by atoms with Crippen molar-refractivity contribution in [1.29, 1.82) is 0 Å². The SMILES string of the molecule is CCCCCCCCCCCCCCCCCC/C=C/CC/C=C/C(O)C(CO)NC(=O)CCCCCCCCCCCCCC. The van der Waals surface area contributed by atoms with Gasteiger partial charge >= 0.3 is 0 Å². The minimum absolute atomic E-state index is 0.0735. The Morgan fingerprint density at radius 3 is 1.26 bits per heavy atom. The van der Waals surface area contributed by atoms with Gasteiger partial charge in [-0.05, 0) is 32.1 Å². The van der Waals surface area contributed by atoms with Crippen molar-refractivity contribution >= 4 is 5.91 Å². The fourth-order valence-electron chi connectivity index (χ4n) is 6.25. The molecule has 0 saturated heterocycles. The molecule has 0 radical (unpaired) electrons. The Morgan fingerprint density at radius 2 is 0.848 bits per heavy atom. The van der Waals surface area contributed by atoms with Crippen LogP contribution in [0.5, 0.6) is 0 Å². The molecule has 0 bridgehead atoms. The number of unbranched alkanes of at least 4 members (excludes halogenated alkanes) is 28. The molecule has 0 heterocycles. The molecule has 2 atom stereocenters. The summed E-state index contributed by atoms with van der Waals surface area (Å²) in [7, 11) is 0. The van der Waals surface area contributed by atoms with E-state index in [2.05, 4.69) is 31.3 Å². The first kappa shape index (κ1) is 44.9. The number of aliphatic hydroxyl groups excluding tert-OH is 2. The largest absolute Gasteiger partial charge is 0.394 e. The zero-order valence-corrected chi connectivity index (χ0v) is 31.1. The zero-order valence-electron chi connectivity index (χ0n) is 31.1. The second-order valence-electron chi connectivity index (χ2n) is 14.1. The topological polar surface area (TPSA) is 69.6 Å². The van der Waals surface area contributed by atoms with Gasteiger partial charge in [0.05, 0.1) is 18.8 Å². The molecule has 0 aliphatic carbocycles. The van der Waals surface area contributed by atoms with E-state index in [0.717, 1.165) is 32.1 Å². The molecule has 0 aromatic heterocycles. The van der Waals surface area contributed by atoms with Crippen molar-refractivity contribution in [3.05, 3.63) is 24.3 Å². The third-order valence-corrected chi connectivity index (χ3v) is 9.44. The standard InChI is InChI=1S/C42H81NO3/c1-3-5-7-9-11-13-15-17-18-19-20-21-22-23-24-25-26-27-29-31-33-35-37-41(45)40(39-44)43-42(46)38-36-34-32-30-28-16-14-12-10-8-6-4-2/h27,29,35,37,40-41,44-45H,3-26,28,30-34,36,38-39H2,1-2H3,(H,43,46)/b29-27+,37-35+. The predicted molar refractivity (Wildman–Crippen MR) is 202 cm³/mol. The number of carbonyl (C=O) groups is 1. The molecular formula is C42H81NO3. The Hall–Kier alpha value is -1.13. The minimum Gasteiger partial charge on any atom is -0.394 e. The van der Waals surface area contributed by atoms with Crippen LogP contribution in [0, 0.1) is 0 Å². The number of hydrogen-bond donors (Lipinski definition) is 3. The molecule has 0 aromatic carbocycles. The molecule has 46 heavy (non-hydrogen) atoms. The highest BCUT2D eigenvalue weighted by atomic mass is 16.3. The first-order valence-corrected chi connectivity index (χ1v) is 20.6. The van der Waals surface area contributed by atoms with Crippen molar-refractivity contribution < 1.29 is 15.0 Å². The van der Waals surface area contributed by atoms with Gasteiger partial charge in [0.2, 0.25) is 5.91 Å². The first-order chi connectivity index (χ1) is 22.7. The van der Waals surface area contributed by atoms with Crippen molar-refractivity contribution in [3.8, 4) is 0 Å². The molecule has 0 spiro atoms. The highest BCUT2D eigenvalue weighted by molar-refractivity contribution is 5.76. The van der Waals surface area contributed by atoms with Crippen LogP contribution in [0.25, 0.3) is 0 Å². The van der Waals surface area contributed by atoms with Crippen molar-refractivity contribution in [2.75, 3.05) is 6.61 Å². The van der Waals surface area contributed by atoms with E-state index in [1.807, 2.05) is 6.08 Å². The highest BCUT2D eigenvalue weighted by Gasteiger charge is 2.17. The van der Waals surface area contributed by atoms with E-state index in [4.69, 9.17) is 0 Å². The predicted octanol–water partition coefficient (Wildman–Crippen LogP) is 12.5. The van der Waals surface area contributed by atoms with Gasteiger partial charge in [0.1, 0.15) is 0 Å². The molecule has 272 valence electrons. The van der Waals surface area contributed by atoms with E-state index in [-0.39, 0.29) is 12.5 Å². The summed E-state index contributed by atoms with van der Waals surface area (Å²) >= 11 is 0. The Balaban J connectivity index is 3.59. The summed E-state index contributed by atoms with van der Waals surface area (Å²) in [6, 6.07) is -0.633. The lowest BCUT2D eigenvalue weighted by molar-refractivity contribution is -0.123. The minimum atomic E-state index is -0.856. The van der Waals surface area contributed by atoms with Crippen LogP contribution >= 0.6 is 0 Å². The van der Waals surface area contributed by atoms with E-state index >= 15 is 0 Å². The summed E-state index contributed by atoms with van der Waals surface area (Å²) in [5.41, 5.74) is 0. The number of rotatable bonds is 37. The average Bonchev–Trinajstić information content (AvgIpc) is 3.06. The molecule has 4 heteroatoms. The fraction of sp³-hybridized carbons (Fsp3) is 0.881. The van der Waals surface area contributed by atoms with Crippen LogP contribution < -0.4 is 5.32 Å². The van der Waals surface area contributed by atoms with Crippen molar-refractivity contribution in [2.45, 2.75) is 231 Å². The highest BCUT2D eigenvalue weighted by Crippen LogP contribution is 2.15. The van der Waals surface area contributed by atoms with Gasteiger partial charge in [0.15, 0.2) is 0 Å². The zero-order chi connectivity index (χ0) is 33.6. The number of hydrogen-bond acceptors (Lipinski definition) is 3. The summed E-state index contributed by atoms with van der Waals surface area (Å²) in [5, 5.41) is 22.9. The third-order valence-electron chi connectivity index (χ3n) is 9.44. The van der Waals surface area contributed by atoms with Gasteiger partial charge in [-0.15, -0.1) is 0 Å². The smallest absolute Gasteiger partial charge is 0.220 e. The number of allylic oxidation sites excluding steroid dienone is 3. The molecule has 1 amide bonds. The molecular weight excluding hydrogens is 566 g/mol. The van der Waals surface area contributed by atoms with Crippen LogP contribution in [0.1, 0.15) is 219 Å². The maximum absolute atomic E-state index is 12.3. The lowest BCUT2D eigenvalue weighted by Gasteiger charge is -2.19. The van der Waals surface area contributed by atoms with E-state index in [1.54, 1.807) is 6.08 Å². The number of nitrogens with one attached hydrogen (secondary N) is 1. The Labute approximate surface area is 288 Å². The Kier molecular flexibility index (Phi) is 37.4. The van der Waals surface area contributed by atoms with E-state index < -0.39 is 12.1 Å². The molecule has 0 aromatic rings. The van der Waals surface area contributed by atoms with Crippen LogP contribution in [0.4, 0.5) is 0 Å². The van der Waals surface area contributed by atoms with Crippen LogP contribution in [-0.2, 0) is 4.79 Å². The number of amides is 1. The van der Waals surface area contributed by atoms with Crippen LogP contribution in [-0.4, -0.2) is 34.9 Å². The lowest BCUT2D eigenvalue weighted by atomic mass is 10.0. The van der Waals surface area contributed by atoms with Gasteiger partial charge in [0.25, 0.3) is 0 Å². The molecule has 4 nitrogen and oxygen atoms in total. The van der Waals surface area contributed by atoms with Crippen molar-refractivity contribution in [1.82, 2.24) is 5.32 Å². The summed E-state index contributed by atoms with van der Waals surface area (Å²) in [4.78, 5) is 12.3. The van der Waals surface area contributed by atoms with E-state index in [9.17, 15) is 15.0 Å². The quantitative estimate of drug-likeness (QED) is 0.0464. The number of aliphatic hydroxyl groups is 2. The van der Waals surface area contributed by atoms with Gasteiger partial charge in [-0.25, -0.2) is 0 Å². The molecule has 0 saturated carbocycles. The van der Waals surface area contributed by atoms with Crippen LogP contribution in [0.3, 0.4) is 0 Å². The van der Waals surface area contributed by atoms with Crippen molar-refractivity contribution in [3.63, 3.8) is 0 Å². The van der Waals surface area contributed by atoms with Gasteiger partial charge in [-0.1, -0.05) is 205 Å². The molecule has 0 rings (SSSR count). The molecule has 0 fully saturated rings. The lowest BCUT2D eigenvalue weighted by Crippen LogP contribution is -2.45. The van der Waals surface area contributed by atoms with E-state index in [1.165, 1.54) is 167 Å². The van der Waals surface area contributed by atoms with E-state index in [0.29, 0.717) is 6.42 Å². The maximum atomic E-state index is 12.3. The third kappa shape index (κ3) is 34.2. The van der Waals surface area contributed by atoms with Gasteiger partial charge in [-0.3, -0.25) is 4.79 Å². The summed E-state index contributed by atoms with van der Waals surface area (Å²) in [6.45, 7) is 4.30. The van der Waals surface area contributed by atoms with Crippen molar-refractivity contribution in [2.24, 2.45) is 0 Å². The van der Waals surface area contributed by atoms with Gasteiger partial charge in [-0.2, -0.15) is 0 Å². The normalized spacial score (nSPS) is 13.2. The monoisotopic (exact) mass is 648 g/mol. The first-order valence-electron chi connectivity index (χ1n) is 20.6. The summed E-state index contributed by atoms with van der Waals surface area (Å²) in [5.74, 6) is -0.0735. The maximum Gasteiger partial charge on any atom is 0.220 e.